The van der Waals surface area contributed by atoms with Gasteiger partial charge < -0.3 is 10.6 Å². The highest BCUT2D eigenvalue weighted by molar-refractivity contribution is 6.30. The first-order chi connectivity index (χ1) is 13.3. The fourth-order valence-electron chi connectivity index (χ4n) is 2.66. The first kappa shape index (κ1) is 19.6. The van der Waals surface area contributed by atoms with Crippen molar-refractivity contribution in [1.29, 1.82) is 0 Å². The van der Waals surface area contributed by atoms with Crippen molar-refractivity contribution in [3.05, 3.63) is 41.2 Å². The Hall–Kier alpha value is -3.14. The lowest BCUT2D eigenvalue weighted by molar-refractivity contribution is -0.119. The Morgan fingerprint density at radius 2 is 1.75 bits per heavy atom. The Bertz CT molecular complexity index is 1020. The highest BCUT2D eigenvalue weighted by atomic mass is 35.5. The predicted octanol–water partition coefficient (Wildman–Crippen LogP) is 1.84. The van der Waals surface area contributed by atoms with Gasteiger partial charge >= 0.3 is 0 Å². The monoisotopic (exact) mass is 404 g/mol. The molecule has 11 heteroatoms. The minimum absolute atomic E-state index is 0.242. The summed E-state index contributed by atoms with van der Waals surface area (Å²) in [5.41, 5.74) is 1.98. The van der Waals surface area contributed by atoms with Gasteiger partial charge in [0.2, 0.25) is 5.91 Å². The number of nitrogens with zero attached hydrogens (tertiary/aromatic N) is 6. The average molecular weight is 405 g/mol. The Morgan fingerprint density at radius 3 is 2.36 bits per heavy atom. The first-order valence-corrected chi connectivity index (χ1v) is 8.94. The number of hydrogen-bond donors (Lipinski definition) is 2. The fourth-order valence-corrected chi connectivity index (χ4v) is 2.82. The van der Waals surface area contributed by atoms with E-state index in [0.717, 1.165) is 5.69 Å². The highest BCUT2D eigenvalue weighted by Gasteiger charge is 2.22. The maximum Gasteiger partial charge on any atom is 0.276 e. The van der Waals surface area contributed by atoms with E-state index in [2.05, 4.69) is 25.9 Å². The molecule has 0 bridgehead atoms. The molecular formula is C17H21ClN8O2. The van der Waals surface area contributed by atoms with Crippen LogP contribution in [0, 0.1) is 12.8 Å². The molecule has 1 unspecified atom stereocenters. The van der Waals surface area contributed by atoms with E-state index in [1.807, 2.05) is 6.92 Å². The molecule has 2 N–H and O–H groups in total. The number of carbonyl (C=O) groups is 2. The number of aromatic nitrogens is 6. The van der Waals surface area contributed by atoms with Crippen LogP contribution in [0.1, 0.15) is 23.1 Å². The van der Waals surface area contributed by atoms with Crippen LogP contribution >= 0.6 is 11.6 Å². The number of anilines is 2. The molecule has 0 saturated carbocycles. The molecule has 0 saturated heterocycles. The largest absolute Gasteiger partial charge is 0.322 e. The third-order valence-electron chi connectivity index (χ3n) is 4.41. The summed E-state index contributed by atoms with van der Waals surface area (Å²) in [7, 11) is 3.42. The second kappa shape index (κ2) is 7.85. The summed E-state index contributed by atoms with van der Waals surface area (Å²) in [6, 6.07) is 0. The lowest BCUT2D eigenvalue weighted by atomic mass is 10.1. The van der Waals surface area contributed by atoms with E-state index >= 15 is 0 Å². The van der Waals surface area contributed by atoms with E-state index in [9.17, 15) is 9.59 Å². The van der Waals surface area contributed by atoms with Crippen LogP contribution in [-0.4, -0.2) is 41.2 Å². The molecule has 3 aromatic rings. The van der Waals surface area contributed by atoms with Gasteiger partial charge in [-0.2, -0.15) is 15.3 Å². The second-order valence-electron chi connectivity index (χ2n) is 6.52. The van der Waals surface area contributed by atoms with E-state index in [4.69, 9.17) is 11.6 Å². The number of aryl methyl sites for hydroxylation is 2. The van der Waals surface area contributed by atoms with Crippen LogP contribution in [-0.2, 0) is 25.4 Å². The Balaban J connectivity index is 1.72. The van der Waals surface area contributed by atoms with Crippen LogP contribution in [0.25, 0.3) is 0 Å². The second-order valence-corrected chi connectivity index (χ2v) is 6.96. The van der Waals surface area contributed by atoms with E-state index in [1.54, 1.807) is 42.8 Å². The molecule has 0 aromatic carbocycles. The number of hydrogen-bond acceptors (Lipinski definition) is 5. The minimum atomic E-state index is -0.396. The van der Waals surface area contributed by atoms with Gasteiger partial charge in [-0.15, -0.1) is 0 Å². The molecule has 0 radical (unpaired) electrons. The molecule has 0 spiro atoms. The van der Waals surface area contributed by atoms with Crippen LogP contribution in [0.3, 0.4) is 0 Å². The number of nitrogens with one attached hydrogen (secondary N) is 2. The van der Waals surface area contributed by atoms with Gasteiger partial charge in [-0.05, 0) is 6.92 Å². The standard InChI is InChI=1S/C17H21ClN8O2/c1-10(8-26-9-12(18)5-21-26)16(27)23-14-7-20-25(4)15(14)17(28)22-13-6-19-24(3)11(13)2/h5-7,9-10H,8H2,1-4H3,(H,22,28)(H,23,27). The third kappa shape index (κ3) is 4.06. The van der Waals surface area contributed by atoms with Gasteiger partial charge in [0.1, 0.15) is 5.69 Å². The summed E-state index contributed by atoms with van der Waals surface area (Å²) in [5.74, 6) is -1.04. The summed E-state index contributed by atoms with van der Waals surface area (Å²) >= 11 is 5.85. The molecule has 148 valence electrons. The molecule has 2 amide bonds. The number of amides is 2. The smallest absolute Gasteiger partial charge is 0.276 e. The van der Waals surface area contributed by atoms with E-state index < -0.39 is 11.8 Å². The molecule has 0 aliphatic rings. The van der Waals surface area contributed by atoms with Gasteiger partial charge in [-0.25, -0.2) is 0 Å². The molecule has 10 nitrogen and oxygen atoms in total. The van der Waals surface area contributed by atoms with Gasteiger partial charge in [0.15, 0.2) is 0 Å². The Morgan fingerprint density at radius 1 is 1.07 bits per heavy atom. The molecule has 0 aliphatic heterocycles. The van der Waals surface area contributed by atoms with Crippen molar-refractivity contribution in [2.45, 2.75) is 20.4 Å². The zero-order valence-electron chi connectivity index (χ0n) is 16.0. The maximum absolute atomic E-state index is 12.7. The quantitative estimate of drug-likeness (QED) is 0.651. The number of halogens is 1. The summed E-state index contributed by atoms with van der Waals surface area (Å²) in [6.07, 6.45) is 6.17. The molecule has 3 rings (SSSR count). The van der Waals surface area contributed by atoms with E-state index in [0.29, 0.717) is 22.9 Å². The van der Waals surface area contributed by atoms with Crippen molar-refractivity contribution in [2.75, 3.05) is 10.6 Å². The highest BCUT2D eigenvalue weighted by Crippen LogP contribution is 2.19. The predicted molar refractivity (Wildman–Crippen MR) is 104 cm³/mol. The van der Waals surface area contributed by atoms with Gasteiger partial charge in [0.25, 0.3) is 5.91 Å². The molecule has 1 atom stereocenters. The van der Waals surface area contributed by atoms with Crippen molar-refractivity contribution < 1.29 is 9.59 Å². The van der Waals surface area contributed by atoms with Gasteiger partial charge in [-0.1, -0.05) is 18.5 Å². The Labute approximate surface area is 166 Å². The van der Waals surface area contributed by atoms with Gasteiger partial charge in [0, 0.05) is 20.3 Å². The van der Waals surface area contributed by atoms with Crippen molar-refractivity contribution in [3.8, 4) is 0 Å². The summed E-state index contributed by atoms with van der Waals surface area (Å²) in [4.78, 5) is 25.3. The molecule has 0 fully saturated rings. The zero-order chi connectivity index (χ0) is 20.4. The molecule has 28 heavy (non-hydrogen) atoms. The van der Waals surface area contributed by atoms with Crippen molar-refractivity contribution in [3.63, 3.8) is 0 Å². The van der Waals surface area contributed by atoms with Crippen molar-refractivity contribution in [1.82, 2.24) is 29.3 Å². The first-order valence-electron chi connectivity index (χ1n) is 8.57. The number of carbonyl (C=O) groups excluding carboxylic acids is 2. The minimum Gasteiger partial charge on any atom is -0.322 e. The topological polar surface area (TPSA) is 112 Å². The van der Waals surface area contributed by atoms with E-state index in [1.165, 1.54) is 17.1 Å². The van der Waals surface area contributed by atoms with Crippen LogP contribution in [0.4, 0.5) is 11.4 Å². The lowest BCUT2D eigenvalue weighted by Crippen LogP contribution is -2.26. The van der Waals surface area contributed by atoms with E-state index in [-0.39, 0.29) is 11.6 Å². The summed E-state index contributed by atoms with van der Waals surface area (Å²) < 4.78 is 4.66. The summed E-state index contributed by atoms with van der Waals surface area (Å²) in [5, 5.41) is 18.3. The summed E-state index contributed by atoms with van der Waals surface area (Å²) in [6.45, 7) is 3.97. The van der Waals surface area contributed by atoms with Crippen molar-refractivity contribution in [2.24, 2.45) is 20.0 Å². The maximum atomic E-state index is 12.7. The van der Waals surface area contributed by atoms with Gasteiger partial charge in [0.05, 0.1) is 53.1 Å². The number of rotatable bonds is 6. The van der Waals surface area contributed by atoms with Crippen molar-refractivity contribution >= 4 is 34.8 Å². The zero-order valence-corrected chi connectivity index (χ0v) is 16.7. The molecule has 0 aliphatic carbocycles. The van der Waals surface area contributed by atoms with Gasteiger partial charge in [-0.3, -0.25) is 23.6 Å². The SMILES string of the molecule is Cc1c(NC(=O)c2c(NC(=O)C(C)Cn3cc(Cl)cn3)cnn2C)cnn1C. The molecule has 3 aromatic heterocycles. The Kier molecular flexibility index (Phi) is 5.50. The lowest BCUT2D eigenvalue weighted by Gasteiger charge is -2.13. The van der Waals surface area contributed by atoms with Crippen LogP contribution in [0.2, 0.25) is 5.02 Å². The molecular weight excluding hydrogens is 384 g/mol. The van der Waals surface area contributed by atoms with Crippen LogP contribution in [0.5, 0.6) is 0 Å². The average Bonchev–Trinajstić information content (AvgIpc) is 3.30. The third-order valence-corrected chi connectivity index (χ3v) is 4.60. The fraction of sp³-hybridized carbons (Fsp3) is 0.353. The molecule has 3 heterocycles. The van der Waals surface area contributed by atoms with Crippen LogP contribution < -0.4 is 10.6 Å². The normalized spacial score (nSPS) is 12.0. The van der Waals surface area contributed by atoms with Crippen LogP contribution in [0.15, 0.2) is 24.8 Å².